The van der Waals surface area contributed by atoms with Crippen molar-refractivity contribution in [2.24, 2.45) is 0 Å². The van der Waals surface area contributed by atoms with Crippen molar-refractivity contribution in [3.05, 3.63) is 179 Å². The molecular formula is C54H46N4O4. The number of fused-ring (bicyclic) bond motifs is 2. The zero-order valence-electron chi connectivity index (χ0n) is 35.5. The van der Waals surface area contributed by atoms with Gasteiger partial charge in [0.25, 0.3) is 23.6 Å². The molecule has 9 rings (SSSR count). The summed E-state index contributed by atoms with van der Waals surface area (Å²) in [5.41, 5.74) is 24.8. The van der Waals surface area contributed by atoms with E-state index in [9.17, 15) is 19.2 Å². The Balaban J connectivity index is 1.02. The van der Waals surface area contributed by atoms with E-state index in [-0.39, 0.29) is 34.5 Å². The van der Waals surface area contributed by atoms with Gasteiger partial charge >= 0.3 is 0 Å². The van der Waals surface area contributed by atoms with Gasteiger partial charge in [-0.3, -0.25) is 19.2 Å². The van der Waals surface area contributed by atoms with Crippen LogP contribution in [0.25, 0.3) is 44.5 Å². The minimum Gasteiger partial charge on any atom is -0.399 e. The van der Waals surface area contributed by atoms with E-state index < -0.39 is 0 Å². The maximum atomic E-state index is 13.8. The van der Waals surface area contributed by atoms with Crippen LogP contribution in [0.3, 0.4) is 0 Å². The lowest BCUT2D eigenvalue weighted by Crippen LogP contribution is -2.29. The summed E-state index contributed by atoms with van der Waals surface area (Å²) < 4.78 is 0. The Hall–Kier alpha value is -7.58. The van der Waals surface area contributed by atoms with Gasteiger partial charge in [-0.2, -0.15) is 0 Å². The molecule has 8 nitrogen and oxygen atoms in total. The Kier molecular flexibility index (Phi) is 9.36. The molecule has 7 aromatic rings. The zero-order chi connectivity index (χ0) is 43.8. The first kappa shape index (κ1) is 39.9. The van der Waals surface area contributed by atoms with E-state index in [1.165, 1.54) is 20.9 Å². The van der Waals surface area contributed by atoms with Gasteiger partial charge in [-0.1, -0.05) is 114 Å². The normalized spacial score (nSPS) is 13.8. The van der Waals surface area contributed by atoms with Crippen LogP contribution in [-0.2, 0) is 10.8 Å². The van der Waals surface area contributed by atoms with Gasteiger partial charge in [0.1, 0.15) is 0 Å². The number of carbonyl (C=O) groups excluding carboxylic acids is 4. The summed E-state index contributed by atoms with van der Waals surface area (Å²) in [6.45, 7) is 13.3. The number of rotatable bonds is 6. The molecule has 4 amide bonds. The summed E-state index contributed by atoms with van der Waals surface area (Å²) >= 11 is 0. The average Bonchev–Trinajstić information content (AvgIpc) is 3.65. The summed E-state index contributed by atoms with van der Waals surface area (Å²) in [4.78, 5) is 57.4. The van der Waals surface area contributed by atoms with Gasteiger partial charge < -0.3 is 11.5 Å². The Morgan fingerprint density at radius 2 is 0.597 bits per heavy atom. The number of hydrogen-bond donors (Lipinski definition) is 2. The van der Waals surface area contributed by atoms with Crippen LogP contribution >= 0.6 is 0 Å². The molecule has 8 heteroatoms. The first-order valence-corrected chi connectivity index (χ1v) is 20.7. The molecule has 0 bridgehead atoms. The molecule has 2 heterocycles. The lowest BCUT2D eigenvalue weighted by Gasteiger charge is -2.35. The molecule has 4 N–H and O–H groups in total. The maximum Gasteiger partial charge on any atom is 0.266 e. The van der Waals surface area contributed by atoms with Crippen LogP contribution in [-0.4, -0.2) is 23.6 Å². The molecule has 0 atom stereocenters. The van der Waals surface area contributed by atoms with Crippen molar-refractivity contribution in [3.8, 4) is 44.5 Å². The summed E-state index contributed by atoms with van der Waals surface area (Å²) in [5.74, 6) is -1.42. The molecule has 0 radical (unpaired) electrons. The number of nitrogen functional groups attached to an aromatic ring is 2. The van der Waals surface area contributed by atoms with Gasteiger partial charge in [0.05, 0.1) is 33.6 Å². The highest BCUT2D eigenvalue weighted by Crippen LogP contribution is 2.46. The second-order valence-corrected chi connectivity index (χ2v) is 18.2. The van der Waals surface area contributed by atoms with Crippen LogP contribution in [0.1, 0.15) is 94.1 Å². The molecule has 62 heavy (non-hydrogen) atoms. The Morgan fingerprint density at radius 3 is 0.919 bits per heavy atom. The van der Waals surface area contributed by atoms with Crippen molar-refractivity contribution in [3.63, 3.8) is 0 Å². The monoisotopic (exact) mass is 814 g/mol. The number of nitrogens with two attached hydrogens (primary N) is 2. The number of amides is 4. The third kappa shape index (κ3) is 6.74. The Morgan fingerprint density at radius 1 is 0.323 bits per heavy atom. The van der Waals surface area contributed by atoms with Gasteiger partial charge in [0.15, 0.2) is 0 Å². The van der Waals surface area contributed by atoms with E-state index in [0.29, 0.717) is 45.0 Å². The first-order chi connectivity index (χ1) is 29.5. The molecule has 0 aliphatic carbocycles. The van der Waals surface area contributed by atoms with Gasteiger partial charge in [-0.15, -0.1) is 0 Å². The van der Waals surface area contributed by atoms with Gasteiger partial charge in [-0.05, 0) is 139 Å². The number of anilines is 4. The lowest BCUT2D eigenvalue weighted by molar-refractivity contribution is 0.0910. The van der Waals surface area contributed by atoms with E-state index in [1.54, 1.807) is 24.3 Å². The number of nitrogens with zero attached hydrogens (tertiary/aromatic N) is 2. The van der Waals surface area contributed by atoms with Crippen molar-refractivity contribution in [1.82, 2.24) is 0 Å². The molecular weight excluding hydrogens is 769 g/mol. The molecule has 0 unspecified atom stereocenters. The fourth-order valence-corrected chi connectivity index (χ4v) is 8.88. The molecule has 2 aliphatic heterocycles. The highest BCUT2D eigenvalue weighted by atomic mass is 16.2. The van der Waals surface area contributed by atoms with Crippen LogP contribution in [0.5, 0.6) is 0 Å². The van der Waals surface area contributed by atoms with Crippen molar-refractivity contribution >= 4 is 46.4 Å². The number of carbonyl (C=O) groups is 4. The molecule has 0 fully saturated rings. The van der Waals surface area contributed by atoms with Crippen molar-refractivity contribution < 1.29 is 19.2 Å². The van der Waals surface area contributed by atoms with Gasteiger partial charge in [0, 0.05) is 11.4 Å². The van der Waals surface area contributed by atoms with E-state index in [0.717, 1.165) is 44.5 Å². The maximum absolute atomic E-state index is 13.8. The number of imide groups is 2. The molecule has 0 saturated carbocycles. The minimum atomic E-state index is -0.359. The van der Waals surface area contributed by atoms with E-state index in [1.807, 2.05) is 109 Å². The average molecular weight is 815 g/mol. The summed E-state index contributed by atoms with van der Waals surface area (Å²) in [5, 5.41) is 0. The van der Waals surface area contributed by atoms with Crippen molar-refractivity contribution in [2.75, 3.05) is 21.3 Å². The molecule has 7 aromatic carbocycles. The standard InChI is InChI=1S/C54H46N4O4/c1-53(2,3)47-41(33-11-21-39(22-12-33)57-49(59)43-25-15-35(29-45(43)51(57)61)31-7-17-37(55)18-8-31)27-28-42(48(47)54(4,5)6)34-13-23-40(24-14-34)58-50(60)44-26-16-36(30-46(44)52(58)62)32-9-19-38(56)20-10-32/h7-30H,55-56H2,1-6H3. The topological polar surface area (TPSA) is 127 Å². The zero-order valence-corrected chi connectivity index (χ0v) is 35.5. The summed E-state index contributed by atoms with van der Waals surface area (Å²) in [6.07, 6.45) is 0. The highest BCUT2D eigenvalue weighted by molar-refractivity contribution is 6.35. The van der Waals surface area contributed by atoms with Crippen LogP contribution < -0.4 is 21.3 Å². The predicted molar refractivity (Wildman–Crippen MR) is 250 cm³/mol. The first-order valence-electron chi connectivity index (χ1n) is 20.7. The quantitative estimate of drug-likeness (QED) is 0.127. The van der Waals surface area contributed by atoms with Crippen LogP contribution in [0, 0.1) is 0 Å². The third-order valence-electron chi connectivity index (χ3n) is 11.8. The fraction of sp³-hybridized carbons (Fsp3) is 0.148. The van der Waals surface area contributed by atoms with Crippen LogP contribution in [0.4, 0.5) is 22.7 Å². The molecule has 0 aromatic heterocycles. The SMILES string of the molecule is CC(C)(C)c1c(-c2ccc(N3C(=O)c4ccc(-c5ccc(N)cc5)cc4C3=O)cc2)ccc(-c2ccc(N3C(=O)c4ccc(-c5ccc(N)cc5)cc4C3=O)cc2)c1C(C)(C)C. The number of hydrogen-bond acceptors (Lipinski definition) is 6. The number of benzene rings is 7. The smallest absolute Gasteiger partial charge is 0.266 e. The van der Waals surface area contributed by atoms with Gasteiger partial charge in [-0.25, -0.2) is 9.80 Å². The fourth-order valence-electron chi connectivity index (χ4n) is 8.88. The third-order valence-corrected chi connectivity index (χ3v) is 11.8. The molecule has 0 saturated heterocycles. The van der Waals surface area contributed by atoms with Crippen LogP contribution in [0.15, 0.2) is 146 Å². The summed E-state index contributed by atoms with van der Waals surface area (Å²) in [7, 11) is 0. The second-order valence-electron chi connectivity index (χ2n) is 18.2. The minimum absolute atomic E-state index is 0.289. The largest absolute Gasteiger partial charge is 0.399 e. The Labute approximate surface area is 361 Å². The Bertz CT molecular complexity index is 2780. The van der Waals surface area contributed by atoms with E-state index >= 15 is 0 Å². The highest BCUT2D eigenvalue weighted by Gasteiger charge is 2.39. The molecule has 0 spiro atoms. The van der Waals surface area contributed by atoms with Crippen LogP contribution in [0.2, 0.25) is 0 Å². The van der Waals surface area contributed by atoms with Crippen molar-refractivity contribution in [2.45, 2.75) is 52.4 Å². The van der Waals surface area contributed by atoms with E-state index in [4.69, 9.17) is 11.5 Å². The molecule has 306 valence electrons. The lowest BCUT2D eigenvalue weighted by atomic mass is 9.69. The van der Waals surface area contributed by atoms with E-state index in [2.05, 4.69) is 53.7 Å². The summed E-state index contributed by atoms with van der Waals surface area (Å²) in [6, 6.07) is 45.1. The molecule has 2 aliphatic rings. The van der Waals surface area contributed by atoms with Crippen molar-refractivity contribution in [1.29, 1.82) is 0 Å². The van der Waals surface area contributed by atoms with Gasteiger partial charge in [0.2, 0.25) is 0 Å². The second kappa shape index (κ2) is 14.6. The predicted octanol–water partition coefficient (Wildman–Crippen LogP) is 11.7.